The number of rotatable bonds is 6. The van der Waals surface area contributed by atoms with E-state index in [2.05, 4.69) is 20.4 Å². The Morgan fingerprint density at radius 1 is 1.16 bits per heavy atom. The molecule has 196 valence electrons. The lowest BCUT2D eigenvalue weighted by atomic mass is 9.86. The third kappa shape index (κ3) is 5.14. The summed E-state index contributed by atoms with van der Waals surface area (Å²) < 4.78 is 24.5. The van der Waals surface area contributed by atoms with Gasteiger partial charge < -0.3 is 10.1 Å². The molecule has 1 atom stereocenters. The fraction of sp³-hybridized carbons (Fsp3) is 0.519. The van der Waals surface area contributed by atoms with Gasteiger partial charge in [0.25, 0.3) is 5.91 Å². The summed E-state index contributed by atoms with van der Waals surface area (Å²) in [5.74, 6) is 0.527. The van der Waals surface area contributed by atoms with Crippen LogP contribution in [0.25, 0.3) is 5.69 Å². The number of aryl methyl sites for hydroxylation is 3. The average Bonchev–Trinajstić information content (AvgIpc) is 3.23. The number of amides is 1. The summed E-state index contributed by atoms with van der Waals surface area (Å²) >= 11 is 0. The van der Waals surface area contributed by atoms with Crippen molar-refractivity contribution >= 4 is 11.6 Å². The molecule has 9 nitrogen and oxygen atoms in total. The first-order valence-corrected chi connectivity index (χ1v) is 13.1. The summed E-state index contributed by atoms with van der Waals surface area (Å²) in [4.78, 5) is 34.8. The zero-order valence-corrected chi connectivity index (χ0v) is 21.6. The maximum Gasteiger partial charge on any atom is 0.350 e. The molecule has 0 saturated heterocycles. The third-order valence-electron chi connectivity index (χ3n) is 7.47. The molecule has 0 bridgehead atoms. The van der Waals surface area contributed by atoms with Gasteiger partial charge in [0.2, 0.25) is 0 Å². The highest BCUT2D eigenvalue weighted by Gasteiger charge is 2.27. The summed E-state index contributed by atoms with van der Waals surface area (Å²) in [7, 11) is 0. The number of anilines is 1. The Balaban J connectivity index is 1.53. The molecule has 2 aliphatic rings. The number of fused-ring (bicyclic) bond motifs is 1. The first-order chi connectivity index (χ1) is 17.8. The molecule has 37 heavy (non-hydrogen) atoms. The SMILES string of the molecule is Cc1ncc(NC(=O)c2cc(F)c(-n3nc4n(c3=O)CCCC4)cc2O[C@@H](C)C2CCCCC2)c(C)n1. The van der Waals surface area contributed by atoms with Gasteiger partial charge in [0.15, 0.2) is 0 Å². The summed E-state index contributed by atoms with van der Waals surface area (Å²) in [6, 6.07) is 2.56. The van der Waals surface area contributed by atoms with E-state index in [-0.39, 0.29) is 28.8 Å². The quantitative estimate of drug-likeness (QED) is 0.525. The average molecular weight is 509 g/mol. The Labute approximate surface area is 215 Å². The van der Waals surface area contributed by atoms with Gasteiger partial charge in [-0.1, -0.05) is 19.3 Å². The Morgan fingerprint density at radius 3 is 2.68 bits per heavy atom. The number of hydrogen-bond donors (Lipinski definition) is 1. The highest BCUT2D eigenvalue weighted by molar-refractivity contribution is 6.06. The molecular formula is C27H33FN6O3. The van der Waals surface area contributed by atoms with Crippen LogP contribution >= 0.6 is 0 Å². The minimum atomic E-state index is -0.725. The van der Waals surface area contributed by atoms with Crippen LogP contribution in [0.3, 0.4) is 0 Å². The van der Waals surface area contributed by atoms with E-state index in [0.29, 0.717) is 41.9 Å². The van der Waals surface area contributed by atoms with Crippen molar-refractivity contribution in [2.24, 2.45) is 5.92 Å². The molecule has 3 aromatic rings. The van der Waals surface area contributed by atoms with Gasteiger partial charge in [0, 0.05) is 19.0 Å². The van der Waals surface area contributed by atoms with Gasteiger partial charge in [-0.05, 0) is 58.4 Å². The van der Waals surface area contributed by atoms with E-state index in [1.807, 2.05) is 6.92 Å². The standard InChI is InChI=1S/C27H33FN6O3/c1-16-22(15-29-18(3)30-16)31-26(35)20-13-21(28)23(34-27(36)33-12-8-7-11-25(33)32-34)14-24(20)37-17(2)19-9-5-4-6-10-19/h13-15,17,19H,4-12H2,1-3H3,(H,31,35)/t17-/m0/s1. The summed E-state index contributed by atoms with van der Waals surface area (Å²) in [5, 5.41) is 7.19. The summed E-state index contributed by atoms with van der Waals surface area (Å²) in [6.07, 6.45) is 9.43. The molecule has 1 aliphatic heterocycles. The van der Waals surface area contributed by atoms with Crippen molar-refractivity contribution in [1.29, 1.82) is 0 Å². The topological polar surface area (TPSA) is 104 Å². The predicted molar refractivity (Wildman–Crippen MR) is 137 cm³/mol. The molecule has 1 amide bonds. The fourth-order valence-electron chi connectivity index (χ4n) is 5.33. The van der Waals surface area contributed by atoms with E-state index in [1.165, 1.54) is 18.7 Å². The molecule has 1 aromatic carbocycles. The van der Waals surface area contributed by atoms with E-state index in [4.69, 9.17) is 4.74 Å². The lowest BCUT2D eigenvalue weighted by Gasteiger charge is -2.29. The Morgan fingerprint density at radius 2 is 1.95 bits per heavy atom. The van der Waals surface area contributed by atoms with Gasteiger partial charge in [-0.3, -0.25) is 9.36 Å². The molecule has 0 unspecified atom stereocenters. The van der Waals surface area contributed by atoms with E-state index < -0.39 is 11.7 Å². The maximum absolute atomic E-state index is 15.5. The summed E-state index contributed by atoms with van der Waals surface area (Å²) in [6.45, 7) is 6.08. The largest absolute Gasteiger partial charge is 0.490 e. The number of hydrogen-bond acceptors (Lipinski definition) is 6. The number of carbonyl (C=O) groups excluding carboxylic acids is 1. The van der Waals surface area contributed by atoms with E-state index in [0.717, 1.165) is 49.3 Å². The number of nitrogens with zero attached hydrogens (tertiary/aromatic N) is 5. The molecule has 0 radical (unpaired) electrons. The van der Waals surface area contributed by atoms with E-state index in [1.54, 1.807) is 18.4 Å². The zero-order chi connectivity index (χ0) is 26.1. The molecule has 0 spiro atoms. The van der Waals surface area contributed by atoms with Crippen LogP contribution in [0.15, 0.2) is 23.1 Å². The maximum atomic E-state index is 15.5. The molecule has 1 aliphatic carbocycles. The summed E-state index contributed by atoms with van der Waals surface area (Å²) in [5.41, 5.74) is 0.671. The second kappa shape index (κ2) is 10.4. The molecule has 3 heterocycles. The molecule has 10 heteroatoms. The minimum absolute atomic E-state index is 0.0239. The first kappa shape index (κ1) is 25.1. The lowest BCUT2D eigenvalue weighted by Crippen LogP contribution is -2.28. The van der Waals surface area contributed by atoms with Crippen LogP contribution in [0, 0.1) is 25.6 Å². The van der Waals surface area contributed by atoms with Crippen LogP contribution in [0.4, 0.5) is 10.1 Å². The number of ether oxygens (including phenoxy) is 1. The highest BCUT2D eigenvalue weighted by Crippen LogP contribution is 2.32. The van der Waals surface area contributed by atoms with Crippen molar-refractivity contribution in [3.8, 4) is 11.4 Å². The van der Waals surface area contributed by atoms with Gasteiger partial charge in [-0.2, -0.15) is 4.68 Å². The normalized spacial score (nSPS) is 16.8. The second-order valence-corrected chi connectivity index (χ2v) is 10.1. The molecule has 1 N–H and O–H groups in total. The van der Waals surface area contributed by atoms with Crippen LogP contribution in [0.2, 0.25) is 0 Å². The van der Waals surface area contributed by atoms with Crippen molar-refractivity contribution in [3.05, 3.63) is 57.5 Å². The van der Waals surface area contributed by atoms with E-state index >= 15 is 4.39 Å². The predicted octanol–water partition coefficient (Wildman–Crippen LogP) is 4.52. The van der Waals surface area contributed by atoms with Gasteiger partial charge in [0.1, 0.15) is 28.9 Å². The van der Waals surface area contributed by atoms with Gasteiger partial charge in [-0.15, -0.1) is 5.10 Å². The molecule has 5 rings (SSSR count). The first-order valence-electron chi connectivity index (χ1n) is 13.1. The Hall–Kier alpha value is -3.56. The number of benzene rings is 1. The van der Waals surface area contributed by atoms with Crippen LogP contribution < -0.4 is 15.7 Å². The zero-order valence-electron chi connectivity index (χ0n) is 21.6. The second-order valence-electron chi connectivity index (χ2n) is 10.1. The van der Waals surface area contributed by atoms with Gasteiger partial charge >= 0.3 is 5.69 Å². The highest BCUT2D eigenvalue weighted by atomic mass is 19.1. The van der Waals surface area contributed by atoms with Crippen molar-refractivity contribution < 1.29 is 13.9 Å². The van der Waals surface area contributed by atoms with Crippen molar-refractivity contribution in [2.45, 2.75) is 84.8 Å². The van der Waals surface area contributed by atoms with E-state index in [9.17, 15) is 9.59 Å². The van der Waals surface area contributed by atoms with Crippen LogP contribution in [-0.4, -0.2) is 36.3 Å². The number of halogens is 1. The Bertz CT molecular complexity index is 1380. The Kier molecular flexibility index (Phi) is 7.08. The third-order valence-corrected chi connectivity index (χ3v) is 7.47. The monoisotopic (exact) mass is 508 g/mol. The van der Waals surface area contributed by atoms with Crippen molar-refractivity contribution in [3.63, 3.8) is 0 Å². The van der Waals surface area contributed by atoms with Crippen molar-refractivity contribution in [1.82, 2.24) is 24.3 Å². The smallest absolute Gasteiger partial charge is 0.350 e. The molecule has 1 fully saturated rings. The number of aromatic nitrogens is 5. The lowest BCUT2D eigenvalue weighted by molar-refractivity contribution is 0.0997. The van der Waals surface area contributed by atoms with Crippen LogP contribution in [0.1, 0.15) is 79.6 Å². The van der Waals surface area contributed by atoms with Crippen LogP contribution in [-0.2, 0) is 13.0 Å². The van der Waals surface area contributed by atoms with Crippen molar-refractivity contribution in [2.75, 3.05) is 5.32 Å². The molecule has 2 aromatic heterocycles. The van der Waals surface area contributed by atoms with Gasteiger partial charge in [-0.25, -0.2) is 19.2 Å². The number of carbonyl (C=O) groups is 1. The minimum Gasteiger partial charge on any atom is -0.490 e. The van der Waals surface area contributed by atoms with Crippen LogP contribution in [0.5, 0.6) is 5.75 Å². The van der Waals surface area contributed by atoms with Gasteiger partial charge in [0.05, 0.1) is 29.2 Å². The fourth-order valence-corrected chi connectivity index (χ4v) is 5.33. The molecular weight excluding hydrogens is 475 g/mol. The number of nitrogens with one attached hydrogen (secondary N) is 1. The molecule has 1 saturated carbocycles.